The minimum absolute atomic E-state index is 0.00601. The third kappa shape index (κ3) is 6.38. The quantitative estimate of drug-likeness (QED) is 0.509. The van der Waals surface area contributed by atoms with Gasteiger partial charge in [-0.2, -0.15) is 11.8 Å². The average Bonchev–Trinajstić information content (AvgIpc) is 2.78. The van der Waals surface area contributed by atoms with Crippen molar-refractivity contribution in [2.45, 2.75) is 17.6 Å². The van der Waals surface area contributed by atoms with E-state index >= 15 is 0 Å². The monoisotopic (exact) mass is 430 g/mol. The van der Waals surface area contributed by atoms with Crippen LogP contribution < -0.4 is 15.4 Å². The Labute approximate surface area is 178 Å². The molecule has 0 aliphatic carbocycles. The van der Waals surface area contributed by atoms with E-state index in [1.807, 2.05) is 36.0 Å². The number of benzene rings is 2. The van der Waals surface area contributed by atoms with Gasteiger partial charge in [0, 0.05) is 36.2 Å². The lowest BCUT2D eigenvalue weighted by Crippen LogP contribution is -2.51. The van der Waals surface area contributed by atoms with Crippen LogP contribution in [0.1, 0.15) is 11.1 Å². The molecule has 0 spiro atoms. The van der Waals surface area contributed by atoms with Crippen LogP contribution in [0.2, 0.25) is 0 Å². The molecular weight excluding hydrogens is 408 g/mol. The van der Waals surface area contributed by atoms with Crippen LogP contribution in [-0.2, 0) is 17.1 Å². The molecule has 2 N–H and O–H groups in total. The number of guanidine groups is 1. The summed E-state index contributed by atoms with van der Waals surface area (Å²) in [7, 11) is 1.65. The van der Waals surface area contributed by atoms with Crippen molar-refractivity contribution in [3.05, 3.63) is 69.8 Å². The van der Waals surface area contributed by atoms with Crippen LogP contribution >= 0.6 is 11.8 Å². The Morgan fingerprint density at radius 1 is 1.13 bits per heavy atom. The molecule has 158 valence electrons. The van der Waals surface area contributed by atoms with E-state index in [-0.39, 0.29) is 12.3 Å². The van der Waals surface area contributed by atoms with Crippen molar-refractivity contribution in [3.63, 3.8) is 0 Å². The number of methoxy groups -OCH3 is 1. The summed E-state index contributed by atoms with van der Waals surface area (Å²) in [6.45, 7) is 1.36. The molecule has 10 heteroatoms. The van der Waals surface area contributed by atoms with Gasteiger partial charge in [-0.1, -0.05) is 12.1 Å². The van der Waals surface area contributed by atoms with Crippen molar-refractivity contribution in [2.75, 3.05) is 20.2 Å². The summed E-state index contributed by atoms with van der Waals surface area (Å²) in [5.74, 6) is 2.10. The first kappa shape index (κ1) is 21.4. The number of non-ortho nitro benzene ring substituents is 1. The second-order valence-electron chi connectivity index (χ2n) is 6.48. The number of nitro groups is 1. The van der Waals surface area contributed by atoms with Crippen LogP contribution in [0.4, 0.5) is 10.5 Å². The molecule has 0 bridgehead atoms. The predicted molar refractivity (Wildman–Crippen MR) is 115 cm³/mol. The van der Waals surface area contributed by atoms with Gasteiger partial charge >= 0.3 is 6.09 Å². The second-order valence-corrected chi connectivity index (χ2v) is 7.77. The van der Waals surface area contributed by atoms with Gasteiger partial charge in [0.1, 0.15) is 12.4 Å². The lowest BCUT2D eigenvalue weighted by Gasteiger charge is -2.25. The van der Waals surface area contributed by atoms with Crippen molar-refractivity contribution in [2.24, 2.45) is 4.99 Å². The van der Waals surface area contributed by atoms with Crippen LogP contribution in [0.15, 0.2) is 53.5 Å². The molecule has 1 heterocycles. The van der Waals surface area contributed by atoms with Gasteiger partial charge in [-0.3, -0.25) is 10.1 Å². The first-order valence-corrected chi connectivity index (χ1v) is 10.3. The Balaban J connectivity index is 1.39. The highest BCUT2D eigenvalue weighted by molar-refractivity contribution is 7.99. The zero-order chi connectivity index (χ0) is 21.3. The van der Waals surface area contributed by atoms with Crippen molar-refractivity contribution >= 4 is 29.5 Å². The molecule has 2 aromatic rings. The average molecular weight is 430 g/mol. The topological polar surface area (TPSA) is 115 Å². The number of amides is 1. The molecule has 0 unspecified atom stereocenters. The Morgan fingerprint density at radius 2 is 1.77 bits per heavy atom. The van der Waals surface area contributed by atoms with Crippen LogP contribution in [0.25, 0.3) is 0 Å². The van der Waals surface area contributed by atoms with Gasteiger partial charge in [0.2, 0.25) is 5.96 Å². The Hall–Kier alpha value is -3.27. The van der Waals surface area contributed by atoms with Gasteiger partial charge in [-0.25, -0.2) is 4.79 Å². The molecular formula is C20H22N4O5S. The maximum atomic E-state index is 11.9. The molecule has 0 saturated carbocycles. The van der Waals surface area contributed by atoms with Crippen molar-refractivity contribution in [1.29, 1.82) is 0 Å². The SMILES string of the molecule is COc1ccc(CSC2CNC(=NC(=O)OCc3ccc([N+](=O)[O-])cc3)NC2)cc1. The van der Waals surface area contributed by atoms with Crippen molar-refractivity contribution in [1.82, 2.24) is 10.6 Å². The zero-order valence-electron chi connectivity index (χ0n) is 16.4. The summed E-state index contributed by atoms with van der Waals surface area (Å²) in [6, 6.07) is 13.8. The predicted octanol–water partition coefficient (Wildman–Crippen LogP) is 3.09. The standard InChI is InChI=1S/C20H22N4O5S/c1-28-17-8-4-15(5-9-17)13-30-18-10-21-19(22-11-18)23-20(25)29-12-14-2-6-16(7-3-14)24(26)27/h2-9,18H,10-13H2,1H3,(H2,21,22,23,25). The Morgan fingerprint density at radius 3 is 2.37 bits per heavy atom. The number of hydrogen-bond donors (Lipinski definition) is 2. The van der Waals surface area contributed by atoms with E-state index in [1.54, 1.807) is 19.2 Å². The number of carbonyl (C=O) groups is 1. The summed E-state index contributed by atoms with van der Waals surface area (Å²) in [5, 5.41) is 17.2. The van der Waals surface area contributed by atoms with Gasteiger partial charge in [0.05, 0.1) is 12.0 Å². The summed E-state index contributed by atoms with van der Waals surface area (Å²) >= 11 is 1.81. The third-order valence-corrected chi connectivity index (χ3v) is 5.66. The van der Waals surface area contributed by atoms with Gasteiger partial charge in [0.15, 0.2) is 0 Å². The van der Waals surface area contributed by atoms with E-state index in [9.17, 15) is 14.9 Å². The molecule has 9 nitrogen and oxygen atoms in total. The van der Waals surface area contributed by atoms with Crippen LogP contribution in [0.5, 0.6) is 5.75 Å². The van der Waals surface area contributed by atoms with E-state index < -0.39 is 11.0 Å². The number of nitrogens with one attached hydrogen (secondary N) is 2. The molecule has 1 saturated heterocycles. The lowest BCUT2D eigenvalue weighted by molar-refractivity contribution is -0.384. The van der Waals surface area contributed by atoms with E-state index in [2.05, 4.69) is 15.6 Å². The molecule has 1 fully saturated rings. The molecule has 2 aromatic carbocycles. The number of thioether (sulfide) groups is 1. The van der Waals surface area contributed by atoms with E-state index in [0.29, 0.717) is 29.9 Å². The molecule has 0 atom stereocenters. The molecule has 3 rings (SSSR count). The number of rotatable bonds is 7. The fourth-order valence-electron chi connectivity index (χ4n) is 2.67. The van der Waals surface area contributed by atoms with Gasteiger partial charge < -0.3 is 20.1 Å². The summed E-state index contributed by atoms with van der Waals surface area (Å²) in [6.07, 6.45) is -0.729. The van der Waals surface area contributed by atoms with Gasteiger partial charge in [-0.15, -0.1) is 4.99 Å². The lowest BCUT2D eigenvalue weighted by atomic mass is 10.2. The number of hydrogen-bond acceptors (Lipinski definition) is 6. The highest BCUT2D eigenvalue weighted by Crippen LogP contribution is 2.20. The number of ether oxygens (including phenoxy) is 2. The number of nitro benzene ring substituents is 1. The largest absolute Gasteiger partial charge is 0.497 e. The van der Waals surface area contributed by atoms with Crippen molar-refractivity contribution in [3.8, 4) is 5.75 Å². The number of carbonyl (C=O) groups excluding carboxylic acids is 1. The van der Waals surface area contributed by atoms with Gasteiger partial charge in [-0.05, 0) is 35.4 Å². The van der Waals surface area contributed by atoms with E-state index in [1.165, 1.54) is 17.7 Å². The zero-order valence-corrected chi connectivity index (χ0v) is 17.2. The minimum Gasteiger partial charge on any atom is -0.497 e. The first-order valence-electron chi connectivity index (χ1n) is 9.24. The third-order valence-electron chi connectivity index (χ3n) is 4.35. The molecule has 1 aliphatic rings. The molecule has 1 aliphatic heterocycles. The number of aliphatic imine (C=N–C) groups is 1. The highest BCUT2D eigenvalue weighted by Gasteiger charge is 2.18. The Kier molecular flexibility index (Phi) is 7.50. The van der Waals surface area contributed by atoms with Gasteiger partial charge in [0.25, 0.3) is 5.69 Å². The molecule has 30 heavy (non-hydrogen) atoms. The second kappa shape index (κ2) is 10.5. The molecule has 0 aromatic heterocycles. The van der Waals surface area contributed by atoms with E-state index in [4.69, 9.17) is 9.47 Å². The maximum Gasteiger partial charge on any atom is 0.437 e. The maximum absolute atomic E-state index is 11.9. The first-order chi connectivity index (χ1) is 14.5. The van der Waals surface area contributed by atoms with Crippen LogP contribution in [0, 0.1) is 10.1 Å². The highest BCUT2D eigenvalue weighted by atomic mass is 32.2. The minimum atomic E-state index is -0.729. The fourth-order valence-corrected chi connectivity index (χ4v) is 3.69. The fraction of sp³-hybridized carbons (Fsp3) is 0.300. The summed E-state index contributed by atoms with van der Waals surface area (Å²) in [4.78, 5) is 25.9. The van der Waals surface area contributed by atoms with Crippen LogP contribution in [-0.4, -0.2) is 42.4 Å². The van der Waals surface area contributed by atoms with E-state index in [0.717, 1.165) is 11.5 Å². The molecule has 0 radical (unpaired) electrons. The summed E-state index contributed by atoms with van der Waals surface area (Å²) < 4.78 is 10.3. The van der Waals surface area contributed by atoms with Crippen molar-refractivity contribution < 1.29 is 19.2 Å². The normalized spacial score (nSPS) is 15.5. The number of nitrogens with zero attached hydrogens (tertiary/aromatic N) is 2. The Bertz CT molecular complexity index is 892. The smallest absolute Gasteiger partial charge is 0.437 e. The van der Waals surface area contributed by atoms with Crippen LogP contribution in [0.3, 0.4) is 0 Å². The molecule has 1 amide bonds. The summed E-state index contributed by atoms with van der Waals surface area (Å²) in [5.41, 5.74) is 1.85.